The van der Waals surface area contributed by atoms with Crippen molar-refractivity contribution < 1.29 is 4.99 Å². The molecular formula is C35H44N5+. The van der Waals surface area contributed by atoms with Gasteiger partial charge in [-0.1, -0.05) is 73.5 Å². The minimum atomic E-state index is 0.297. The normalized spacial score (nSPS) is 23.7. The summed E-state index contributed by atoms with van der Waals surface area (Å²) in [4.78, 5) is 3.78. The third-order valence-corrected chi connectivity index (χ3v) is 9.18. The quantitative estimate of drug-likeness (QED) is 0.213. The van der Waals surface area contributed by atoms with Crippen LogP contribution in [0.1, 0.15) is 74.6 Å². The van der Waals surface area contributed by atoms with Gasteiger partial charge < -0.3 is 9.13 Å². The number of hydrogen-bond donors (Lipinski definition) is 3. The van der Waals surface area contributed by atoms with Gasteiger partial charge in [0.2, 0.25) is 0 Å². The van der Waals surface area contributed by atoms with E-state index >= 15 is 0 Å². The Labute approximate surface area is 239 Å². The van der Waals surface area contributed by atoms with E-state index in [0.717, 1.165) is 31.6 Å². The molecule has 2 aromatic carbocycles. The molecule has 4 aromatic rings. The summed E-state index contributed by atoms with van der Waals surface area (Å²) in [7, 11) is 0. The number of benzene rings is 2. The number of aryl methyl sites for hydroxylation is 2. The van der Waals surface area contributed by atoms with Crippen LogP contribution >= 0.6 is 0 Å². The molecule has 0 saturated heterocycles. The first-order valence-corrected chi connectivity index (χ1v) is 15.2. The first kappa shape index (κ1) is 26.5. The van der Waals surface area contributed by atoms with Crippen LogP contribution in [0.2, 0.25) is 0 Å². The van der Waals surface area contributed by atoms with Crippen LogP contribution in [-0.2, 0) is 0 Å². The zero-order valence-electron chi connectivity index (χ0n) is 24.0. The molecule has 0 aliphatic heterocycles. The van der Waals surface area contributed by atoms with Crippen molar-refractivity contribution in [3.05, 3.63) is 96.3 Å². The standard InChI is InChI=1S/C35H43N5/c1-25-21-23-39(33(25)27-13-5-3-6-14-27)31-19-11-9-17-29(31)37-35(36)38-30-18-10-12-20-32(30)40-24-22-26(2)34(40)28-15-7-4-8-16-28/h3-8,13-16,21-24,29-32H,9-12,17-20H2,1-2H3,(H3,36,37,38)/p+1/t29-,30-,31-,32-/m1/s1. The van der Waals surface area contributed by atoms with Gasteiger partial charge in [-0.15, -0.1) is 0 Å². The highest BCUT2D eigenvalue weighted by Gasteiger charge is 2.33. The van der Waals surface area contributed by atoms with Crippen molar-refractivity contribution in [2.24, 2.45) is 5.73 Å². The van der Waals surface area contributed by atoms with Gasteiger partial charge in [0.1, 0.15) is 0 Å². The van der Waals surface area contributed by atoms with Gasteiger partial charge in [0.25, 0.3) is 0 Å². The summed E-state index contributed by atoms with van der Waals surface area (Å²) in [5, 5.41) is 3.78. The number of nitrogens with two attached hydrogens (primary N) is 1. The molecule has 2 saturated carbocycles. The van der Waals surface area contributed by atoms with Crippen LogP contribution in [0.15, 0.2) is 85.2 Å². The van der Waals surface area contributed by atoms with Crippen LogP contribution in [0.3, 0.4) is 0 Å². The highest BCUT2D eigenvalue weighted by Crippen LogP contribution is 2.36. The maximum Gasteiger partial charge on any atom is 0.341 e. The lowest BCUT2D eigenvalue weighted by Crippen LogP contribution is -2.86. The number of rotatable bonds is 6. The van der Waals surface area contributed by atoms with Crippen molar-refractivity contribution in [1.29, 1.82) is 0 Å². The van der Waals surface area contributed by atoms with E-state index < -0.39 is 0 Å². The number of nitrogens with one attached hydrogen (secondary N) is 2. The summed E-state index contributed by atoms with van der Waals surface area (Å²) in [6, 6.07) is 27.5. The molecule has 5 heteroatoms. The topological polar surface area (TPSA) is 61.9 Å². The molecule has 5 nitrogen and oxygen atoms in total. The lowest BCUT2D eigenvalue weighted by Gasteiger charge is -2.34. The highest BCUT2D eigenvalue weighted by molar-refractivity contribution is 5.72. The number of hydrogen-bond acceptors (Lipinski definition) is 0. The fourth-order valence-corrected chi connectivity index (χ4v) is 7.26. The second kappa shape index (κ2) is 11.8. The SMILES string of the molecule is Cc1ccn([C@@H]2CCCC[C@H]2NC(N)=[NH+][C@@H]2CCCC[C@H]2n2ccc(C)c2-c2ccccc2)c1-c1ccccc1. The molecule has 4 atom stereocenters. The van der Waals surface area contributed by atoms with Crippen LogP contribution in [-0.4, -0.2) is 27.2 Å². The molecule has 208 valence electrons. The van der Waals surface area contributed by atoms with Crippen molar-refractivity contribution in [2.75, 3.05) is 0 Å². The zero-order valence-corrected chi connectivity index (χ0v) is 24.0. The summed E-state index contributed by atoms with van der Waals surface area (Å²) in [6.45, 7) is 4.45. The van der Waals surface area contributed by atoms with Crippen LogP contribution in [0.25, 0.3) is 22.5 Å². The molecule has 0 spiro atoms. The highest BCUT2D eigenvalue weighted by atomic mass is 15.2. The fourth-order valence-electron chi connectivity index (χ4n) is 7.26. The maximum absolute atomic E-state index is 6.80. The number of aromatic nitrogens is 2. The molecule has 0 bridgehead atoms. The zero-order chi connectivity index (χ0) is 27.5. The Balaban J connectivity index is 1.25. The lowest BCUT2D eigenvalue weighted by atomic mass is 9.89. The van der Waals surface area contributed by atoms with E-state index in [1.165, 1.54) is 59.3 Å². The lowest BCUT2D eigenvalue weighted by molar-refractivity contribution is -0.518. The molecule has 0 unspecified atom stereocenters. The van der Waals surface area contributed by atoms with Crippen LogP contribution in [0, 0.1) is 13.8 Å². The average Bonchev–Trinajstić information content (AvgIpc) is 3.56. The minimum absolute atomic E-state index is 0.297. The third kappa shape index (κ3) is 5.34. The third-order valence-electron chi connectivity index (χ3n) is 9.18. The summed E-state index contributed by atoms with van der Waals surface area (Å²) in [5.74, 6) is 0.726. The van der Waals surface area contributed by atoms with Crippen molar-refractivity contribution in [2.45, 2.75) is 89.4 Å². The summed E-state index contributed by atoms with van der Waals surface area (Å²) in [6.07, 6.45) is 14.1. The van der Waals surface area contributed by atoms with Gasteiger partial charge >= 0.3 is 5.96 Å². The first-order chi connectivity index (χ1) is 19.6. The molecule has 0 radical (unpaired) electrons. The van der Waals surface area contributed by atoms with Gasteiger partial charge in [0.15, 0.2) is 0 Å². The average molecular weight is 535 g/mol. The van der Waals surface area contributed by atoms with Crippen molar-refractivity contribution in [1.82, 2.24) is 14.5 Å². The molecule has 2 aliphatic rings. The Morgan fingerprint density at radius 1 is 0.675 bits per heavy atom. The van der Waals surface area contributed by atoms with Crippen LogP contribution in [0.5, 0.6) is 0 Å². The number of nitrogens with zero attached hydrogens (tertiary/aromatic N) is 2. The van der Waals surface area contributed by atoms with E-state index in [9.17, 15) is 0 Å². The van der Waals surface area contributed by atoms with Gasteiger partial charge in [-0.3, -0.25) is 16.0 Å². The molecule has 6 rings (SSSR count). The minimum Gasteiger partial charge on any atom is -0.341 e. The summed E-state index contributed by atoms with van der Waals surface area (Å²) in [5.41, 5.74) is 14.7. The Morgan fingerprint density at radius 3 is 1.77 bits per heavy atom. The molecule has 2 fully saturated rings. The molecule has 40 heavy (non-hydrogen) atoms. The monoisotopic (exact) mass is 534 g/mol. The van der Waals surface area contributed by atoms with Crippen molar-refractivity contribution in [3.63, 3.8) is 0 Å². The van der Waals surface area contributed by atoms with Gasteiger partial charge in [-0.2, -0.15) is 0 Å². The molecule has 2 aliphatic carbocycles. The Bertz CT molecular complexity index is 1430. The van der Waals surface area contributed by atoms with E-state index in [-0.39, 0.29) is 0 Å². The molecule has 4 N–H and O–H groups in total. The molecule has 2 aromatic heterocycles. The van der Waals surface area contributed by atoms with Gasteiger partial charge in [-0.05, 0) is 86.8 Å². The van der Waals surface area contributed by atoms with Gasteiger partial charge in [-0.25, -0.2) is 0 Å². The van der Waals surface area contributed by atoms with E-state index in [1.807, 2.05) is 0 Å². The van der Waals surface area contributed by atoms with Crippen molar-refractivity contribution in [3.8, 4) is 22.5 Å². The Morgan fingerprint density at radius 2 is 1.18 bits per heavy atom. The van der Waals surface area contributed by atoms with Crippen LogP contribution < -0.4 is 16.0 Å². The van der Waals surface area contributed by atoms with E-state index in [0.29, 0.717) is 24.2 Å². The van der Waals surface area contributed by atoms with Crippen molar-refractivity contribution >= 4 is 5.96 Å². The Kier molecular flexibility index (Phi) is 7.81. The number of guanidine groups is 1. The second-order valence-electron chi connectivity index (χ2n) is 11.9. The fraction of sp³-hybridized carbons (Fsp3) is 0.400. The van der Waals surface area contributed by atoms with E-state index in [2.05, 4.69) is 118 Å². The summed E-state index contributed by atoms with van der Waals surface area (Å²) >= 11 is 0. The maximum atomic E-state index is 6.80. The molecule has 0 amide bonds. The van der Waals surface area contributed by atoms with Gasteiger partial charge in [0, 0.05) is 12.4 Å². The summed E-state index contributed by atoms with van der Waals surface area (Å²) < 4.78 is 5.01. The predicted octanol–water partition coefficient (Wildman–Crippen LogP) is 5.89. The molecule has 2 heterocycles. The van der Waals surface area contributed by atoms with Crippen LogP contribution in [0.4, 0.5) is 0 Å². The van der Waals surface area contributed by atoms with Gasteiger partial charge in [0.05, 0.1) is 35.6 Å². The van der Waals surface area contributed by atoms with E-state index in [4.69, 9.17) is 5.73 Å². The first-order valence-electron chi connectivity index (χ1n) is 15.2. The largest absolute Gasteiger partial charge is 0.341 e. The molecular weight excluding hydrogens is 490 g/mol. The predicted molar refractivity (Wildman–Crippen MR) is 165 cm³/mol. The smallest absolute Gasteiger partial charge is 0.341 e. The second-order valence-corrected chi connectivity index (χ2v) is 11.9. The van der Waals surface area contributed by atoms with E-state index in [1.54, 1.807) is 0 Å². The Hall–Kier alpha value is -3.73.